The number of rotatable bonds is 2. The van der Waals surface area contributed by atoms with Crippen LogP contribution in [0.3, 0.4) is 0 Å². The molecule has 6 heteroatoms. The minimum absolute atomic E-state index is 0.0543. The Bertz CT molecular complexity index is 472. The molecule has 0 spiro atoms. The molecule has 2 atom stereocenters. The molecule has 0 saturated carbocycles. The Morgan fingerprint density at radius 2 is 2.22 bits per heavy atom. The molecule has 1 aliphatic heterocycles. The first-order valence-electron chi connectivity index (χ1n) is 5.99. The van der Waals surface area contributed by atoms with Gasteiger partial charge in [-0.3, -0.25) is 4.79 Å². The molecule has 1 N–H and O–H groups in total. The van der Waals surface area contributed by atoms with Crippen molar-refractivity contribution in [3.8, 4) is 0 Å². The Balaban J connectivity index is 2.13. The molecule has 0 bridgehead atoms. The Hall–Kier alpha value is -1.43. The maximum Gasteiger partial charge on any atom is 0.355 e. The molecule has 2 rings (SSSR count). The van der Waals surface area contributed by atoms with E-state index in [9.17, 15) is 9.59 Å². The van der Waals surface area contributed by atoms with E-state index in [1.165, 1.54) is 5.38 Å². The second-order valence-electron chi connectivity index (χ2n) is 4.82. The minimum atomic E-state index is -1.09. The quantitative estimate of drug-likeness (QED) is 0.891. The highest BCUT2D eigenvalue weighted by Crippen LogP contribution is 2.24. The number of hydrogen-bond acceptors (Lipinski definition) is 4. The molecule has 1 amide bonds. The summed E-state index contributed by atoms with van der Waals surface area (Å²) in [6, 6.07) is 0.193. The number of carboxylic acids is 1. The Labute approximate surface area is 109 Å². The summed E-state index contributed by atoms with van der Waals surface area (Å²) in [6.07, 6.45) is 1.98. The molecule has 1 saturated heterocycles. The third-order valence-electron chi connectivity index (χ3n) is 3.31. The van der Waals surface area contributed by atoms with Gasteiger partial charge >= 0.3 is 5.97 Å². The first kappa shape index (κ1) is 13.0. The molecule has 1 aromatic heterocycles. The van der Waals surface area contributed by atoms with Crippen molar-refractivity contribution >= 4 is 23.2 Å². The van der Waals surface area contributed by atoms with E-state index in [-0.39, 0.29) is 22.7 Å². The van der Waals surface area contributed by atoms with Gasteiger partial charge in [-0.25, -0.2) is 9.78 Å². The van der Waals surface area contributed by atoms with Crippen LogP contribution < -0.4 is 0 Å². The number of thiazole rings is 1. The predicted octanol–water partition coefficient (Wildman–Crippen LogP) is 2.10. The van der Waals surface area contributed by atoms with Crippen molar-refractivity contribution in [3.05, 3.63) is 16.1 Å². The number of piperidine rings is 1. The molecule has 0 aliphatic carbocycles. The second kappa shape index (κ2) is 5.06. The highest BCUT2D eigenvalue weighted by Gasteiger charge is 2.29. The van der Waals surface area contributed by atoms with Gasteiger partial charge in [0.2, 0.25) is 0 Å². The SMILES string of the molecule is CC1CCN(C(=O)c2nc(C(=O)O)cs2)C(C)C1. The molecule has 0 aromatic carbocycles. The zero-order valence-corrected chi connectivity index (χ0v) is 11.2. The van der Waals surface area contributed by atoms with Crippen LogP contribution in [0.1, 0.15) is 47.0 Å². The van der Waals surface area contributed by atoms with Crippen LogP contribution in [-0.4, -0.2) is 39.5 Å². The van der Waals surface area contributed by atoms with E-state index in [1.807, 2.05) is 6.92 Å². The van der Waals surface area contributed by atoms with Gasteiger partial charge in [0, 0.05) is 18.0 Å². The average molecular weight is 268 g/mol. The number of nitrogens with zero attached hydrogens (tertiary/aromatic N) is 2. The molecule has 1 aliphatic rings. The van der Waals surface area contributed by atoms with Gasteiger partial charge in [-0.1, -0.05) is 6.92 Å². The Kier molecular flexibility index (Phi) is 3.65. The zero-order valence-electron chi connectivity index (χ0n) is 10.4. The lowest BCUT2D eigenvalue weighted by Gasteiger charge is -2.35. The van der Waals surface area contributed by atoms with Gasteiger partial charge in [0.25, 0.3) is 5.91 Å². The maximum atomic E-state index is 12.2. The van der Waals surface area contributed by atoms with Crippen LogP contribution in [0.2, 0.25) is 0 Å². The number of carbonyl (C=O) groups is 2. The molecule has 98 valence electrons. The summed E-state index contributed by atoms with van der Waals surface area (Å²) in [5.74, 6) is -0.604. The summed E-state index contributed by atoms with van der Waals surface area (Å²) in [7, 11) is 0. The lowest BCUT2D eigenvalue weighted by Crippen LogP contribution is -2.44. The van der Waals surface area contributed by atoms with Gasteiger partial charge < -0.3 is 10.0 Å². The number of aromatic nitrogens is 1. The number of carbonyl (C=O) groups excluding carboxylic acids is 1. The molecule has 2 unspecified atom stereocenters. The summed E-state index contributed by atoms with van der Waals surface area (Å²) in [5.41, 5.74) is -0.0543. The monoisotopic (exact) mass is 268 g/mol. The van der Waals surface area contributed by atoms with E-state index in [0.717, 1.165) is 30.7 Å². The second-order valence-corrected chi connectivity index (χ2v) is 5.68. The van der Waals surface area contributed by atoms with Gasteiger partial charge in [-0.05, 0) is 25.7 Å². The van der Waals surface area contributed by atoms with E-state index in [0.29, 0.717) is 5.92 Å². The molecule has 1 fully saturated rings. The van der Waals surface area contributed by atoms with Crippen molar-refractivity contribution in [1.82, 2.24) is 9.88 Å². The third kappa shape index (κ3) is 2.53. The molecule has 0 radical (unpaired) electrons. The smallest absolute Gasteiger partial charge is 0.355 e. The number of aromatic carboxylic acids is 1. The Morgan fingerprint density at radius 1 is 1.50 bits per heavy atom. The zero-order chi connectivity index (χ0) is 13.3. The fraction of sp³-hybridized carbons (Fsp3) is 0.583. The Morgan fingerprint density at radius 3 is 2.78 bits per heavy atom. The maximum absolute atomic E-state index is 12.2. The number of carboxylic acid groups (broad SMARTS) is 1. The standard InChI is InChI=1S/C12H16N2O3S/c1-7-3-4-14(8(2)5-7)11(15)10-13-9(6-18-10)12(16)17/h6-8H,3-5H2,1-2H3,(H,16,17). The van der Waals surface area contributed by atoms with Crippen molar-refractivity contribution in [2.24, 2.45) is 5.92 Å². The summed E-state index contributed by atoms with van der Waals surface area (Å²) in [5, 5.41) is 10.5. The highest BCUT2D eigenvalue weighted by atomic mass is 32.1. The number of hydrogen-bond donors (Lipinski definition) is 1. The predicted molar refractivity (Wildman–Crippen MR) is 68.0 cm³/mol. The van der Waals surface area contributed by atoms with Crippen LogP contribution in [0.25, 0.3) is 0 Å². The largest absolute Gasteiger partial charge is 0.476 e. The van der Waals surface area contributed by atoms with Crippen molar-refractivity contribution in [3.63, 3.8) is 0 Å². The van der Waals surface area contributed by atoms with Crippen LogP contribution in [0, 0.1) is 5.92 Å². The van der Waals surface area contributed by atoms with Gasteiger partial charge in [0.1, 0.15) is 0 Å². The van der Waals surface area contributed by atoms with Crippen LogP contribution in [0.5, 0.6) is 0 Å². The van der Waals surface area contributed by atoms with Crippen LogP contribution in [-0.2, 0) is 0 Å². The van der Waals surface area contributed by atoms with Crippen LogP contribution >= 0.6 is 11.3 Å². The lowest BCUT2D eigenvalue weighted by molar-refractivity contribution is 0.0588. The van der Waals surface area contributed by atoms with Crippen molar-refractivity contribution < 1.29 is 14.7 Å². The van der Waals surface area contributed by atoms with E-state index in [1.54, 1.807) is 4.90 Å². The van der Waals surface area contributed by atoms with E-state index in [4.69, 9.17) is 5.11 Å². The minimum Gasteiger partial charge on any atom is -0.476 e. The van der Waals surface area contributed by atoms with Crippen LogP contribution in [0.4, 0.5) is 0 Å². The summed E-state index contributed by atoms with van der Waals surface area (Å²) < 4.78 is 0. The van der Waals surface area contributed by atoms with Gasteiger partial charge in [0.05, 0.1) is 0 Å². The third-order valence-corrected chi connectivity index (χ3v) is 4.14. The fourth-order valence-corrected chi connectivity index (χ4v) is 3.05. The molecular formula is C12H16N2O3S. The summed E-state index contributed by atoms with van der Waals surface area (Å²) in [4.78, 5) is 28.6. The molecule has 18 heavy (non-hydrogen) atoms. The van der Waals surface area contributed by atoms with Crippen molar-refractivity contribution in [2.75, 3.05) is 6.54 Å². The summed E-state index contributed by atoms with van der Waals surface area (Å²) in [6.45, 7) is 4.94. The topological polar surface area (TPSA) is 70.5 Å². The number of likely N-dealkylation sites (tertiary alicyclic amines) is 1. The van der Waals surface area contributed by atoms with Gasteiger partial charge in [0.15, 0.2) is 10.7 Å². The van der Waals surface area contributed by atoms with E-state index < -0.39 is 5.97 Å². The first-order valence-corrected chi connectivity index (χ1v) is 6.86. The van der Waals surface area contributed by atoms with Crippen LogP contribution in [0.15, 0.2) is 5.38 Å². The number of amides is 1. The van der Waals surface area contributed by atoms with Crippen molar-refractivity contribution in [2.45, 2.75) is 32.7 Å². The molecule has 1 aromatic rings. The molecule has 2 heterocycles. The van der Waals surface area contributed by atoms with Crippen molar-refractivity contribution in [1.29, 1.82) is 0 Å². The molecular weight excluding hydrogens is 252 g/mol. The first-order chi connectivity index (χ1) is 8.49. The fourth-order valence-electron chi connectivity index (χ4n) is 2.30. The normalized spacial score (nSPS) is 24.0. The van der Waals surface area contributed by atoms with E-state index in [2.05, 4.69) is 11.9 Å². The summed E-state index contributed by atoms with van der Waals surface area (Å²) >= 11 is 1.10. The highest BCUT2D eigenvalue weighted by molar-refractivity contribution is 7.11. The van der Waals surface area contributed by atoms with E-state index >= 15 is 0 Å². The average Bonchev–Trinajstić information content (AvgIpc) is 2.77. The lowest BCUT2D eigenvalue weighted by atomic mass is 9.93. The van der Waals surface area contributed by atoms with Gasteiger partial charge in [-0.15, -0.1) is 11.3 Å². The van der Waals surface area contributed by atoms with Gasteiger partial charge in [-0.2, -0.15) is 0 Å². The molecule has 5 nitrogen and oxygen atoms in total.